The number of methoxy groups -OCH3 is 1. The Morgan fingerprint density at radius 3 is 2.67 bits per heavy atom. The molecule has 0 aliphatic heterocycles. The second-order valence-corrected chi connectivity index (χ2v) is 4.04. The van der Waals surface area contributed by atoms with Crippen LogP contribution in [0.15, 0.2) is 22.7 Å². The minimum atomic E-state index is -1.79. The zero-order valence-corrected chi connectivity index (χ0v) is 9.84. The highest BCUT2D eigenvalue weighted by molar-refractivity contribution is 9.10. The lowest BCUT2D eigenvalue weighted by atomic mass is 9.96. The summed E-state index contributed by atoms with van der Waals surface area (Å²) in [5, 5.41) is 9.90. The fraction of sp³-hybridized carbons (Fsp3) is 0.300. The summed E-state index contributed by atoms with van der Waals surface area (Å²) in [6.45, 7) is 1.29. The monoisotopic (exact) mass is 276 g/mol. The minimum absolute atomic E-state index is 0.260. The van der Waals surface area contributed by atoms with Gasteiger partial charge in [0.05, 0.1) is 7.11 Å². The van der Waals surface area contributed by atoms with E-state index in [1.165, 1.54) is 26.2 Å². The van der Waals surface area contributed by atoms with Gasteiger partial charge in [0.2, 0.25) is 0 Å². The smallest absolute Gasteiger partial charge is 0.342 e. The maximum atomic E-state index is 12.8. The van der Waals surface area contributed by atoms with Crippen molar-refractivity contribution in [3.63, 3.8) is 0 Å². The van der Waals surface area contributed by atoms with Crippen molar-refractivity contribution in [2.75, 3.05) is 7.11 Å². The molecule has 0 aliphatic carbocycles. The van der Waals surface area contributed by atoms with Gasteiger partial charge in [-0.3, -0.25) is 0 Å². The molecule has 5 heteroatoms. The molecule has 0 radical (unpaired) electrons. The largest absolute Gasteiger partial charge is 0.467 e. The zero-order chi connectivity index (χ0) is 11.6. The van der Waals surface area contributed by atoms with Crippen LogP contribution in [-0.2, 0) is 15.1 Å². The maximum absolute atomic E-state index is 12.8. The average molecular weight is 277 g/mol. The summed E-state index contributed by atoms with van der Waals surface area (Å²) >= 11 is 3.07. The van der Waals surface area contributed by atoms with Crippen LogP contribution in [0.2, 0.25) is 0 Å². The molecule has 15 heavy (non-hydrogen) atoms. The van der Waals surface area contributed by atoms with Crippen molar-refractivity contribution in [1.29, 1.82) is 0 Å². The van der Waals surface area contributed by atoms with Crippen molar-refractivity contribution in [2.24, 2.45) is 0 Å². The summed E-state index contributed by atoms with van der Waals surface area (Å²) in [4.78, 5) is 11.3. The predicted molar refractivity (Wildman–Crippen MR) is 55.7 cm³/mol. The highest BCUT2D eigenvalue weighted by Crippen LogP contribution is 2.29. The number of rotatable bonds is 2. The molecule has 0 bridgehead atoms. The van der Waals surface area contributed by atoms with Gasteiger partial charge in [0.15, 0.2) is 5.60 Å². The molecule has 0 heterocycles. The third-order valence-electron chi connectivity index (χ3n) is 2.04. The number of hydrogen-bond acceptors (Lipinski definition) is 3. The predicted octanol–water partition coefficient (Wildman–Crippen LogP) is 1.97. The number of carbonyl (C=O) groups is 1. The fourth-order valence-corrected chi connectivity index (χ4v) is 1.93. The van der Waals surface area contributed by atoms with Crippen LogP contribution >= 0.6 is 15.9 Å². The molecule has 0 aromatic heterocycles. The van der Waals surface area contributed by atoms with Gasteiger partial charge < -0.3 is 9.84 Å². The van der Waals surface area contributed by atoms with E-state index >= 15 is 0 Å². The Morgan fingerprint density at radius 2 is 2.20 bits per heavy atom. The molecule has 1 N–H and O–H groups in total. The first-order chi connectivity index (χ1) is 6.89. The van der Waals surface area contributed by atoms with Crippen molar-refractivity contribution in [3.05, 3.63) is 34.1 Å². The second-order valence-electron chi connectivity index (χ2n) is 3.19. The number of ether oxygens (including phenoxy) is 1. The molecule has 1 rings (SSSR count). The standard InChI is InChI=1S/C10H10BrFO3/c1-10(14,9(13)15-2)7-4-3-6(12)5-8(7)11/h3-5,14H,1-2H3. The van der Waals surface area contributed by atoms with Gasteiger partial charge in [-0.05, 0) is 19.1 Å². The Hall–Kier alpha value is -0.940. The van der Waals surface area contributed by atoms with Crippen LogP contribution in [0.25, 0.3) is 0 Å². The fourth-order valence-electron chi connectivity index (χ4n) is 1.19. The quantitative estimate of drug-likeness (QED) is 0.841. The van der Waals surface area contributed by atoms with Gasteiger partial charge in [-0.2, -0.15) is 0 Å². The molecule has 0 fully saturated rings. The first-order valence-corrected chi connectivity index (χ1v) is 4.95. The van der Waals surface area contributed by atoms with Crippen molar-refractivity contribution in [2.45, 2.75) is 12.5 Å². The second kappa shape index (κ2) is 4.28. The summed E-state index contributed by atoms with van der Waals surface area (Å²) in [5.41, 5.74) is -1.53. The van der Waals surface area contributed by atoms with Gasteiger partial charge in [0.1, 0.15) is 5.82 Å². The molecular weight excluding hydrogens is 267 g/mol. The minimum Gasteiger partial charge on any atom is -0.467 e. The number of benzene rings is 1. The molecule has 0 aliphatic rings. The first-order valence-electron chi connectivity index (χ1n) is 4.16. The van der Waals surface area contributed by atoms with Crippen LogP contribution in [-0.4, -0.2) is 18.2 Å². The highest BCUT2D eigenvalue weighted by atomic mass is 79.9. The molecule has 1 atom stereocenters. The molecule has 1 unspecified atom stereocenters. The Balaban J connectivity index is 3.21. The van der Waals surface area contributed by atoms with Crippen molar-refractivity contribution in [1.82, 2.24) is 0 Å². The molecule has 3 nitrogen and oxygen atoms in total. The lowest BCUT2D eigenvalue weighted by Gasteiger charge is -2.21. The van der Waals surface area contributed by atoms with Gasteiger partial charge >= 0.3 is 5.97 Å². The van der Waals surface area contributed by atoms with Gasteiger partial charge in [-0.25, -0.2) is 9.18 Å². The Kier molecular flexibility index (Phi) is 3.46. The molecule has 0 saturated heterocycles. The summed E-state index contributed by atoms with van der Waals surface area (Å²) in [6, 6.07) is 3.67. The van der Waals surface area contributed by atoms with Crippen LogP contribution in [0.5, 0.6) is 0 Å². The molecular formula is C10H10BrFO3. The number of carbonyl (C=O) groups excluding carboxylic acids is 1. The SMILES string of the molecule is COC(=O)C(C)(O)c1ccc(F)cc1Br. The average Bonchev–Trinajstić information content (AvgIpc) is 2.15. The number of hydrogen-bond donors (Lipinski definition) is 1. The molecule has 1 aromatic carbocycles. The normalized spacial score (nSPS) is 14.5. The van der Waals surface area contributed by atoms with E-state index in [4.69, 9.17) is 0 Å². The lowest BCUT2D eigenvalue weighted by Crippen LogP contribution is -2.33. The number of aliphatic hydroxyl groups is 1. The van der Waals surface area contributed by atoms with Gasteiger partial charge in [0, 0.05) is 10.0 Å². The van der Waals surface area contributed by atoms with Crippen LogP contribution in [0.1, 0.15) is 12.5 Å². The van der Waals surface area contributed by atoms with Crippen molar-refractivity contribution >= 4 is 21.9 Å². The molecule has 0 spiro atoms. The van der Waals surface area contributed by atoms with E-state index in [-0.39, 0.29) is 5.56 Å². The van der Waals surface area contributed by atoms with E-state index in [0.717, 1.165) is 6.07 Å². The number of halogens is 2. The number of esters is 1. The van der Waals surface area contributed by atoms with Crippen LogP contribution < -0.4 is 0 Å². The molecule has 1 aromatic rings. The van der Waals surface area contributed by atoms with Crippen LogP contribution in [0, 0.1) is 5.82 Å². The van der Waals surface area contributed by atoms with E-state index in [9.17, 15) is 14.3 Å². The van der Waals surface area contributed by atoms with Gasteiger partial charge in [0.25, 0.3) is 0 Å². The maximum Gasteiger partial charge on any atom is 0.342 e. The van der Waals surface area contributed by atoms with Gasteiger partial charge in [-0.15, -0.1) is 0 Å². The molecule has 82 valence electrons. The van der Waals surface area contributed by atoms with Crippen LogP contribution in [0.4, 0.5) is 4.39 Å². The topological polar surface area (TPSA) is 46.5 Å². The Morgan fingerprint density at radius 1 is 1.60 bits per heavy atom. The van der Waals surface area contributed by atoms with E-state index in [2.05, 4.69) is 20.7 Å². The summed E-state index contributed by atoms with van der Waals surface area (Å²) in [7, 11) is 1.17. The molecule has 0 amide bonds. The zero-order valence-electron chi connectivity index (χ0n) is 8.25. The molecule has 0 saturated carbocycles. The van der Waals surface area contributed by atoms with Crippen molar-refractivity contribution in [3.8, 4) is 0 Å². The first kappa shape index (κ1) is 12.1. The van der Waals surface area contributed by atoms with E-state index < -0.39 is 17.4 Å². The lowest BCUT2D eigenvalue weighted by molar-refractivity contribution is -0.161. The van der Waals surface area contributed by atoms with E-state index in [1.54, 1.807) is 0 Å². The highest BCUT2D eigenvalue weighted by Gasteiger charge is 2.35. The van der Waals surface area contributed by atoms with Crippen LogP contribution in [0.3, 0.4) is 0 Å². The third-order valence-corrected chi connectivity index (χ3v) is 2.69. The Labute approximate surface area is 95.0 Å². The Bertz CT molecular complexity index is 390. The third kappa shape index (κ3) is 2.35. The van der Waals surface area contributed by atoms with Gasteiger partial charge in [-0.1, -0.05) is 22.0 Å². The van der Waals surface area contributed by atoms with Crippen molar-refractivity contribution < 1.29 is 19.0 Å². The summed E-state index contributed by atoms with van der Waals surface area (Å²) in [5.74, 6) is -1.25. The van der Waals surface area contributed by atoms with E-state index in [1.807, 2.05) is 0 Å². The summed E-state index contributed by atoms with van der Waals surface area (Å²) < 4.78 is 17.6. The summed E-state index contributed by atoms with van der Waals surface area (Å²) in [6.07, 6.45) is 0. The van der Waals surface area contributed by atoms with E-state index in [0.29, 0.717) is 4.47 Å².